The summed E-state index contributed by atoms with van der Waals surface area (Å²) in [7, 11) is 1.69. The van der Waals surface area contributed by atoms with Crippen LogP contribution in [0.15, 0.2) is 11.6 Å². The standard InChI is InChI=1S/C11H21N3OS/c1-11(2,10-13-5-7-16-10)14-8-9(12)4-6-15-3/h5,7,9,14H,4,6,8,12H2,1-3H3. The van der Waals surface area contributed by atoms with Gasteiger partial charge in [-0.05, 0) is 20.3 Å². The van der Waals surface area contributed by atoms with E-state index < -0.39 is 0 Å². The molecule has 0 aromatic carbocycles. The summed E-state index contributed by atoms with van der Waals surface area (Å²) in [5, 5.41) is 6.52. The average Bonchev–Trinajstić information content (AvgIpc) is 2.77. The third kappa shape index (κ3) is 4.17. The Balaban J connectivity index is 2.36. The maximum atomic E-state index is 5.96. The van der Waals surface area contributed by atoms with Crippen LogP contribution in [0, 0.1) is 0 Å². The summed E-state index contributed by atoms with van der Waals surface area (Å²) in [6.07, 6.45) is 2.70. The second-order valence-electron chi connectivity index (χ2n) is 4.38. The number of aromatic nitrogens is 1. The maximum absolute atomic E-state index is 5.96. The predicted octanol–water partition coefficient (Wildman–Crippen LogP) is 1.33. The lowest BCUT2D eigenvalue weighted by atomic mass is 10.1. The largest absolute Gasteiger partial charge is 0.385 e. The summed E-state index contributed by atoms with van der Waals surface area (Å²) in [6.45, 7) is 5.72. The van der Waals surface area contributed by atoms with Crippen LogP contribution in [-0.2, 0) is 10.3 Å². The number of rotatable bonds is 7. The Kier molecular flexibility index (Phi) is 5.34. The molecule has 92 valence electrons. The molecule has 0 radical (unpaired) electrons. The number of nitrogens with zero attached hydrogens (tertiary/aromatic N) is 1. The summed E-state index contributed by atoms with van der Waals surface area (Å²) in [5.41, 5.74) is 5.85. The zero-order valence-corrected chi connectivity index (χ0v) is 11.0. The van der Waals surface area contributed by atoms with Gasteiger partial charge in [0.25, 0.3) is 0 Å². The quantitative estimate of drug-likeness (QED) is 0.758. The number of nitrogens with one attached hydrogen (secondary N) is 1. The fourth-order valence-electron chi connectivity index (χ4n) is 1.37. The van der Waals surface area contributed by atoms with Crippen LogP contribution in [0.3, 0.4) is 0 Å². The van der Waals surface area contributed by atoms with Crippen molar-refractivity contribution in [3.63, 3.8) is 0 Å². The number of methoxy groups -OCH3 is 1. The Bertz CT molecular complexity index is 287. The number of nitrogens with two attached hydrogens (primary N) is 1. The molecule has 0 aliphatic heterocycles. The topological polar surface area (TPSA) is 60.2 Å². The number of thiazole rings is 1. The minimum Gasteiger partial charge on any atom is -0.385 e. The van der Waals surface area contributed by atoms with E-state index in [1.807, 2.05) is 11.6 Å². The summed E-state index contributed by atoms with van der Waals surface area (Å²) in [4.78, 5) is 4.32. The third-order valence-electron chi connectivity index (χ3n) is 2.47. The van der Waals surface area contributed by atoms with Crippen LogP contribution < -0.4 is 11.1 Å². The summed E-state index contributed by atoms with van der Waals surface area (Å²) < 4.78 is 5.00. The number of hydrogen-bond donors (Lipinski definition) is 2. The Morgan fingerprint density at radius 3 is 2.94 bits per heavy atom. The second-order valence-corrected chi connectivity index (χ2v) is 5.28. The number of ether oxygens (including phenoxy) is 1. The molecular formula is C11H21N3OS. The lowest BCUT2D eigenvalue weighted by Gasteiger charge is -2.25. The van der Waals surface area contributed by atoms with Crippen molar-refractivity contribution in [3.05, 3.63) is 16.6 Å². The van der Waals surface area contributed by atoms with E-state index in [1.165, 1.54) is 0 Å². The molecule has 0 aliphatic carbocycles. The van der Waals surface area contributed by atoms with Crippen LogP contribution in [0.2, 0.25) is 0 Å². The molecule has 3 N–H and O–H groups in total. The first kappa shape index (κ1) is 13.6. The van der Waals surface area contributed by atoms with Gasteiger partial charge in [0.2, 0.25) is 0 Å². The molecule has 4 nitrogen and oxygen atoms in total. The van der Waals surface area contributed by atoms with Crippen molar-refractivity contribution < 1.29 is 4.74 Å². The van der Waals surface area contributed by atoms with Crippen molar-refractivity contribution in [2.24, 2.45) is 5.73 Å². The average molecular weight is 243 g/mol. The highest BCUT2D eigenvalue weighted by atomic mass is 32.1. The highest BCUT2D eigenvalue weighted by Crippen LogP contribution is 2.21. The molecule has 1 heterocycles. The molecule has 0 saturated heterocycles. The molecule has 5 heteroatoms. The first-order chi connectivity index (χ1) is 7.56. The molecule has 1 aromatic heterocycles. The van der Waals surface area contributed by atoms with Gasteiger partial charge in [-0.25, -0.2) is 4.98 Å². The molecular weight excluding hydrogens is 222 g/mol. The molecule has 16 heavy (non-hydrogen) atoms. The fourth-order valence-corrected chi connectivity index (χ4v) is 2.10. The summed E-state index contributed by atoms with van der Waals surface area (Å²) in [5.74, 6) is 0. The zero-order valence-electron chi connectivity index (χ0n) is 10.2. The molecule has 0 amide bonds. The van der Waals surface area contributed by atoms with Crippen molar-refractivity contribution in [1.82, 2.24) is 10.3 Å². The van der Waals surface area contributed by atoms with Gasteiger partial charge in [0.1, 0.15) is 5.01 Å². The van der Waals surface area contributed by atoms with E-state index in [9.17, 15) is 0 Å². The van der Waals surface area contributed by atoms with Gasteiger partial charge in [0.15, 0.2) is 0 Å². The molecule has 0 spiro atoms. The van der Waals surface area contributed by atoms with Crippen molar-refractivity contribution in [2.75, 3.05) is 20.3 Å². The summed E-state index contributed by atoms with van der Waals surface area (Å²) in [6, 6.07) is 0.124. The summed E-state index contributed by atoms with van der Waals surface area (Å²) >= 11 is 1.66. The Morgan fingerprint density at radius 2 is 2.38 bits per heavy atom. The molecule has 0 saturated carbocycles. The molecule has 1 aromatic rings. The smallest absolute Gasteiger partial charge is 0.112 e. The van der Waals surface area contributed by atoms with Crippen molar-refractivity contribution >= 4 is 11.3 Å². The highest BCUT2D eigenvalue weighted by molar-refractivity contribution is 7.09. The van der Waals surface area contributed by atoms with Crippen LogP contribution >= 0.6 is 11.3 Å². The Morgan fingerprint density at radius 1 is 1.62 bits per heavy atom. The van der Waals surface area contributed by atoms with Crippen LogP contribution in [0.1, 0.15) is 25.3 Å². The Labute approximate surface area is 101 Å². The SMILES string of the molecule is COCCC(N)CNC(C)(C)c1nccs1. The molecule has 1 rings (SSSR count). The van der Waals surface area contributed by atoms with Gasteiger partial charge in [-0.3, -0.25) is 0 Å². The molecule has 1 unspecified atom stereocenters. The zero-order chi connectivity index (χ0) is 12.0. The van der Waals surface area contributed by atoms with Crippen LogP contribution in [0.25, 0.3) is 0 Å². The lowest BCUT2D eigenvalue weighted by molar-refractivity contribution is 0.185. The highest BCUT2D eigenvalue weighted by Gasteiger charge is 2.22. The van der Waals surface area contributed by atoms with Crippen molar-refractivity contribution in [1.29, 1.82) is 0 Å². The molecule has 0 fully saturated rings. The molecule has 0 bridgehead atoms. The van der Waals surface area contributed by atoms with E-state index in [1.54, 1.807) is 18.4 Å². The van der Waals surface area contributed by atoms with E-state index in [4.69, 9.17) is 10.5 Å². The van der Waals surface area contributed by atoms with Gasteiger partial charge >= 0.3 is 0 Å². The van der Waals surface area contributed by atoms with E-state index >= 15 is 0 Å². The first-order valence-corrected chi connectivity index (χ1v) is 6.33. The molecule has 0 aliphatic rings. The van der Waals surface area contributed by atoms with Crippen molar-refractivity contribution in [3.8, 4) is 0 Å². The first-order valence-electron chi connectivity index (χ1n) is 5.46. The monoisotopic (exact) mass is 243 g/mol. The minimum atomic E-state index is -0.112. The van der Waals surface area contributed by atoms with Gasteiger partial charge in [-0.15, -0.1) is 11.3 Å². The van der Waals surface area contributed by atoms with Gasteiger partial charge in [0, 0.05) is 37.9 Å². The fraction of sp³-hybridized carbons (Fsp3) is 0.727. The van der Waals surface area contributed by atoms with Gasteiger partial charge in [-0.2, -0.15) is 0 Å². The van der Waals surface area contributed by atoms with Crippen LogP contribution in [-0.4, -0.2) is 31.3 Å². The van der Waals surface area contributed by atoms with E-state index in [0.29, 0.717) is 6.61 Å². The number of hydrogen-bond acceptors (Lipinski definition) is 5. The second kappa shape index (κ2) is 6.30. The van der Waals surface area contributed by atoms with Gasteiger partial charge in [0.05, 0.1) is 5.54 Å². The maximum Gasteiger partial charge on any atom is 0.112 e. The normalized spacial score (nSPS) is 14.0. The minimum absolute atomic E-state index is 0.112. The van der Waals surface area contributed by atoms with Gasteiger partial charge < -0.3 is 15.8 Å². The lowest BCUT2D eigenvalue weighted by Crippen LogP contribution is -2.44. The van der Waals surface area contributed by atoms with Crippen LogP contribution in [0.4, 0.5) is 0 Å². The third-order valence-corrected chi connectivity index (χ3v) is 3.56. The van der Waals surface area contributed by atoms with Crippen LogP contribution in [0.5, 0.6) is 0 Å². The van der Waals surface area contributed by atoms with E-state index in [2.05, 4.69) is 24.1 Å². The van der Waals surface area contributed by atoms with Crippen molar-refractivity contribution in [2.45, 2.75) is 31.8 Å². The van der Waals surface area contributed by atoms with Gasteiger partial charge in [-0.1, -0.05) is 0 Å². The van der Waals surface area contributed by atoms with E-state index in [0.717, 1.165) is 18.0 Å². The van der Waals surface area contributed by atoms with E-state index in [-0.39, 0.29) is 11.6 Å². The Hall–Kier alpha value is -0.490. The molecule has 1 atom stereocenters. The predicted molar refractivity (Wildman–Crippen MR) is 67.6 cm³/mol.